The third-order valence-corrected chi connectivity index (χ3v) is 5.64. The molecule has 36 heavy (non-hydrogen) atoms. The van der Waals surface area contributed by atoms with Gasteiger partial charge >= 0.3 is 5.97 Å². The Morgan fingerprint density at radius 1 is 0.861 bits per heavy atom. The Labute approximate surface area is 212 Å². The van der Waals surface area contributed by atoms with E-state index in [1.807, 2.05) is 13.8 Å². The minimum absolute atomic E-state index is 0.0237. The molecule has 0 fully saturated rings. The SMILES string of the molecule is CC(C)CC(NC(=O)C(N)C(C)O)C(=O)NC(CCCCN)C(=O)NC(Cc1ccccc1)C(=O)O. The van der Waals surface area contributed by atoms with Gasteiger partial charge in [-0.05, 0) is 50.6 Å². The molecule has 0 aliphatic heterocycles. The fourth-order valence-electron chi connectivity index (χ4n) is 3.55. The number of hydrogen-bond acceptors (Lipinski definition) is 7. The van der Waals surface area contributed by atoms with Crippen LogP contribution in [0.15, 0.2) is 30.3 Å². The Morgan fingerprint density at radius 2 is 1.42 bits per heavy atom. The van der Waals surface area contributed by atoms with Gasteiger partial charge in [-0.1, -0.05) is 44.2 Å². The molecule has 202 valence electrons. The van der Waals surface area contributed by atoms with E-state index in [0.717, 1.165) is 5.56 Å². The number of nitrogens with one attached hydrogen (secondary N) is 3. The van der Waals surface area contributed by atoms with Crippen LogP contribution in [-0.2, 0) is 25.6 Å². The Balaban J connectivity index is 3.01. The van der Waals surface area contributed by atoms with Crippen molar-refractivity contribution in [2.45, 2.75) is 83.1 Å². The highest BCUT2D eigenvalue weighted by Crippen LogP contribution is 2.09. The minimum atomic E-state index is -1.22. The number of rotatable bonds is 16. The molecule has 0 aliphatic rings. The average molecular weight is 508 g/mol. The first-order chi connectivity index (χ1) is 17.0. The molecule has 5 atom stereocenters. The van der Waals surface area contributed by atoms with Gasteiger partial charge < -0.3 is 37.6 Å². The van der Waals surface area contributed by atoms with Crippen molar-refractivity contribution in [2.24, 2.45) is 17.4 Å². The van der Waals surface area contributed by atoms with Crippen LogP contribution in [0, 0.1) is 5.92 Å². The number of unbranched alkanes of at least 4 members (excludes halogenated alkanes) is 1. The maximum Gasteiger partial charge on any atom is 0.326 e. The summed E-state index contributed by atoms with van der Waals surface area (Å²) in [4.78, 5) is 50.4. The summed E-state index contributed by atoms with van der Waals surface area (Å²) in [6.45, 7) is 5.51. The lowest BCUT2D eigenvalue weighted by Gasteiger charge is -2.26. The molecule has 1 aromatic rings. The average Bonchev–Trinajstić information content (AvgIpc) is 2.82. The first kappa shape index (κ1) is 31.0. The van der Waals surface area contributed by atoms with Crippen LogP contribution in [0.1, 0.15) is 52.0 Å². The van der Waals surface area contributed by atoms with Crippen molar-refractivity contribution in [2.75, 3.05) is 6.54 Å². The third-order valence-electron chi connectivity index (χ3n) is 5.64. The summed E-state index contributed by atoms with van der Waals surface area (Å²) < 4.78 is 0. The van der Waals surface area contributed by atoms with E-state index in [1.54, 1.807) is 30.3 Å². The number of benzene rings is 1. The predicted octanol–water partition coefficient (Wildman–Crippen LogP) is -0.349. The van der Waals surface area contributed by atoms with Crippen LogP contribution < -0.4 is 27.4 Å². The van der Waals surface area contributed by atoms with Gasteiger partial charge in [0.25, 0.3) is 0 Å². The number of carbonyl (C=O) groups is 4. The molecule has 3 amide bonds. The van der Waals surface area contributed by atoms with Crippen LogP contribution >= 0.6 is 0 Å². The Morgan fingerprint density at radius 3 is 1.94 bits per heavy atom. The van der Waals surface area contributed by atoms with Gasteiger partial charge in [0, 0.05) is 6.42 Å². The van der Waals surface area contributed by atoms with Gasteiger partial charge in [-0.2, -0.15) is 0 Å². The molecule has 0 radical (unpaired) electrons. The number of aliphatic hydroxyl groups is 1. The molecular weight excluding hydrogens is 466 g/mol. The summed E-state index contributed by atoms with van der Waals surface area (Å²) in [6, 6.07) is 4.46. The molecule has 0 bridgehead atoms. The van der Waals surface area contributed by atoms with Crippen LogP contribution in [-0.4, -0.2) is 70.7 Å². The van der Waals surface area contributed by atoms with Crippen LogP contribution in [0.2, 0.25) is 0 Å². The lowest BCUT2D eigenvalue weighted by Crippen LogP contribution is -2.58. The van der Waals surface area contributed by atoms with Crippen molar-refractivity contribution < 1.29 is 29.4 Å². The van der Waals surface area contributed by atoms with Gasteiger partial charge in [0.2, 0.25) is 17.7 Å². The van der Waals surface area contributed by atoms with Gasteiger partial charge in [0.15, 0.2) is 0 Å². The number of nitrogens with two attached hydrogens (primary N) is 2. The van der Waals surface area contributed by atoms with Crippen molar-refractivity contribution in [1.82, 2.24) is 16.0 Å². The van der Waals surface area contributed by atoms with E-state index in [1.165, 1.54) is 6.92 Å². The number of amides is 3. The molecule has 0 aliphatic carbocycles. The van der Waals surface area contributed by atoms with Gasteiger partial charge in [-0.25, -0.2) is 4.79 Å². The van der Waals surface area contributed by atoms with Crippen LogP contribution in [0.5, 0.6) is 0 Å². The first-order valence-corrected chi connectivity index (χ1v) is 12.3. The quantitative estimate of drug-likeness (QED) is 0.147. The van der Waals surface area contributed by atoms with E-state index in [9.17, 15) is 29.4 Å². The molecular formula is C25H41N5O6. The molecule has 0 aromatic heterocycles. The second-order valence-corrected chi connectivity index (χ2v) is 9.39. The molecule has 1 rings (SSSR count). The van der Waals surface area contributed by atoms with Crippen molar-refractivity contribution in [3.05, 3.63) is 35.9 Å². The number of aliphatic carboxylic acids is 1. The molecule has 0 spiro atoms. The Kier molecular flexibility index (Phi) is 13.7. The Hall–Kier alpha value is -3.02. The lowest BCUT2D eigenvalue weighted by molar-refractivity contribution is -0.142. The highest BCUT2D eigenvalue weighted by molar-refractivity contribution is 5.94. The van der Waals surface area contributed by atoms with E-state index in [-0.39, 0.29) is 25.2 Å². The molecule has 1 aromatic carbocycles. The maximum absolute atomic E-state index is 13.1. The van der Waals surface area contributed by atoms with Gasteiger partial charge in [-0.15, -0.1) is 0 Å². The lowest BCUT2D eigenvalue weighted by atomic mass is 10.0. The third kappa shape index (κ3) is 11.1. The fraction of sp³-hybridized carbons (Fsp3) is 0.600. The summed E-state index contributed by atoms with van der Waals surface area (Å²) in [6.07, 6.45) is 0.616. The summed E-state index contributed by atoms with van der Waals surface area (Å²) in [7, 11) is 0. The van der Waals surface area contributed by atoms with Crippen molar-refractivity contribution in [1.29, 1.82) is 0 Å². The molecule has 11 nitrogen and oxygen atoms in total. The topological polar surface area (TPSA) is 197 Å². The number of carboxylic acid groups (broad SMARTS) is 1. The number of aliphatic hydroxyl groups excluding tert-OH is 1. The maximum atomic E-state index is 13.1. The number of carboxylic acids is 1. The molecule has 0 saturated heterocycles. The molecule has 5 unspecified atom stereocenters. The van der Waals surface area contributed by atoms with Gasteiger partial charge in [0.1, 0.15) is 24.2 Å². The zero-order valence-corrected chi connectivity index (χ0v) is 21.3. The van der Waals surface area contributed by atoms with E-state index in [4.69, 9.17) is 11.5 Å². The predicted molar refractivity (Wildman–Crippen MR) is 136 cm³/mol. The van der Waals surface area contributed by atoms with E-state index in [2.05, 4.69) is 16.0 Å². The van der Waals surface area contributed by atoms with E-state index in [0.29, 0.717) is 19.4 Å². The van der Waals surface area contributed by atoms with Crippen LogP contribution in [0.4, 0.5) is 0 Å². The van der Waals surface area contributed by atoms with Crippen molar-refractivity contribution >= 4 is 23.7 Å². The summed E-state index contributed by atoms with van der Waals surface area (Å²) in [5.41, 5.74) is 12.0. The minimum Gasteiger partial charge on any atom is -0.480 e. The fourth-order valence-corrected chi connectivity index (χ4v) is 3.55. The van der Waals surface area contributed by atoms with Crippen molar-refractivity contribution in [3.8, 4) is 0 Å². The van der Waals surface area contributed by atoms with Crippen LogP contribution in [0.25, 0.3) is 0 Å². The molecule has 0 heterocycles. The highest BCUT2D eigenvalue weighted by Gasteiger charge is 2.31. The standard InChI is InChI=1S/C25H41N5O6/c1-15(2)13-19(29-24(34)21(27)16(3)31)23(33)28-18(11-7-8-12-26)22(32)30-20(25(35)36)14-17-9-5-4-6-10-17/h4-6,9-10,15-16,18-21,31H,7-8,11-14,26-27H2,1-3H3,(H,28,33)(H,29,34)(H,30,32)(H,35,36). The normalized spacial score (nSPS) is 15.3. The van der Waals surface area contributed by atoms with E-state index < -0.39 is 54.0 Å². The van der Waals surface area contributed by atoms with E-state index >= 15 is 0 Å². The van der Waals surface area contributed by atoms with Crippen LogP contribution in [0.3, 0.4) is 0 Å². The largest absolute Gasteiger partial charge is 0.480 e. The van der Waals surface area contributed by atoms with Crippen molar-refractivity contribution in [3.63, 3.8) is 0 Å². The zero-order chi connectivity index (χ0) is 27.3. The molecule has 0 saturated carbocycles. The Bertz CT molecular complexity index is 849. The zero-order valence-electron chi connectivity index (χ0n) is 21.3. The molecule has 9 N–H and O–H groups in total. The second-order valence-electron chi connectivity index (χ2n) is 9.39. The second kappa shape index (κ2) is 15.9. The van der Waals surface area contributed by atoms with Gasteiger partial charge in [0.05, 0.1) is 6.10 Å². The summed E-state index contributed by atoms with van der Waals surface area (Å²) in [5.74, 6) is -3.10. The summed E-state index contributed by atoms with van der Waals surface area (Å²) in [5, 5.41) is 27.0. The monoisotopic (exact) mass is 507 g/mol. The first-order valence-electron chi connectivity index (χ1n) is 12.3. The molecule has 11 heteroatoms. The number of carbonyl (C=O) groups excluding carboxylic acids is 3. The van der Waals surface area contributed by atoms with Gasteiger partial charge in [-0.3, -0.25) is 14.4 Å². The summed E-state index contributed by atoms with van der Waals surface area (Å²) >= 11 is 0. The highest BCUT2D eigenvalue weighted by atomic mass is 16.4. The number of hydrogen-bond donors (Lipinski definition) is 7. The smallest absolute Gasteiger partial charge is 0.326 e.